The Morgan fingerprint density at radius 1 is 1.08 bits per heavy atom. The van der Waals surface area contributed by atoms with Gasteiger partial charge in [0.2, 0.25) is 0 Å². The highest BCUT2D eigenvalue weighted by molar-refractivity contribution is 7.16. The Kier molecular flexibility index (Phi) is 8.37. The van der Waals surface area contributed by atoms with Crippen molar-refractivity contribution in [2.24, 2.45) is 0 Å². The minimum Gasteiger partial charge on any atom is -0.493 e. The maximum Gasteiger partial charge on any atom is 0.266 e. The molecular weight excluding hydrogens is 507 g/mol. The van der Waals surface area contributed by atoms with Crippen molar-refractivity contribution in [3.63, 3.8) is 0 Å². The van der Waals surface area contributed by atoms with Crippen LogP contribution in [0.2, 0.25) is 0 Å². The zero-order valence-electron chi connectivity index (χ0n) is 20.5. The lowest BCUT2D eigenvalue weighted by Crippen LogP contribution is -2.20. The molecule has 0 radical (unpaired) electrons. The second kappa shape index (κ2) is 12.0. The van der Waals surface area contributed by atoms with Crippen molar-refractivity contribution in [3.8, 4) is 23.6 Å². The number of thiophene rings is 1. The fraction of sp³-hybridized carbons (Fsp3) is 0.214. The highest BCUT2D eigenvalue weighted by Gasteiger charge is 2.23. The smallest absolute Gasteiger partial charge is 0.266 e. The van der Waals surface area contributed by atoms with E-state index in [1.165, 1.54) is 48.8 Å². The van der Waals surface area contributed by atoms with Crippen molar-refractivity contribution in [1.82, 2.24) is 0 Å². The Morgan fingerprint density at radius 3 is 2.55 bits per heavy atom. The van der Waals surface area contributed by atoms with Gasteiger partial charge in [0.15, 0.2) is 18.1 Å². The Bertz CT molecular complexity index is 1480. The highest BCUT2D eigenvalue weighted by atomic mass is 32.1. The number of rotatable bonds is 8. The van der Waals surface area contributed by atoms with Gasteiger partial charge in [-0.25, -0.2) is 4.39 Å². The number of carbonyl (C=O) groups is 2. The summed E-state index contributed by atoms with van der Waals surface area (Å²) in [7, 11) is 1.42. The summed E-state index contributed by atoms with van der Waals surface area (Å²) >= 11 is 1.39. The number of benzene rings is 2. The minimum atomic E-state index is -0.612. The van der Waals surface area contributed by atoms with Gasteiger partial charge in [0.1, 0.15) is 28.5 Å². The summed E-state index contributed by atoms with van der Waals surface area (Å²) in [5.41, 5.74) is 2.26. The van der Waals surface area contributed by atoms with Crippen LogP contribution in [0.4, 0.5) is 15.1 Å². The van der Waals surface area contributed by atoms with E-state index in [4.69, 9.17) is 9.47 Å². The molecule has 0 atom stereocenters. The lowest BCUT2D eigenvalue weighted by molar-refractivity contribution is -0.118. The van der Waals surface area contributed by atoms with E-state index in [2.05, 4.69) is 16.7 Å². The van der Waals surface area contributed by atoms with Crippen molar-refractivity contribution in [1.29, 1.82) is 10.5 Å². The number of hydrogen-bond acceptors (Lipinski definition) is 7. The van der Waals surface area contributed by atoms with Gasteiger partial charge in [0, 0.05) is 10.6 Å². The number of nitrogens with one attached hydrogen (secondary N) is 2. The summed E-state index contributed by atoms with van der Waals surface area (Å²) in [6, 6.07) is 14.2. The van der Waals surface area contributed by atoms with Crippen molar-refractivity contribution in [2.45, 2.75) is 25.7 Å². The van der Waals surface area contributed by atoms with E-state index in [-0.39, 0.29) is 17.9 Å². The molecule has 0 spiro atoms. The van der Waals surface area contributed by atoms with Crippen LogP contribution < -0.4 is 20.1 Å². The molecule has 1 heterocycles. The summed E-state index contributed by atoms with van der Waals surface area (Å²) in [6.45, 7) is -0.319. The first-order chi connectivity index (χ1) is 18.4. The molecule has 1 aromatic heterocycles. The van der Waals surface area contributed by atoms with E-state index >= 15 is 0 Å². The zero-order valence-corrected chi connectivity index (χ0v) is 21.3. The van der Waals surface area contributed by atoms with Crippen molar-refractivity contribution in [2.75, 3.05) is 24.4 Å². The molecule has 3 aromatic rings. The summed E-state index contributed by atoms with van der Waals surface area (Å²) in [6.07, 6.45) is 5.16. The first-order valence-corrected chi connectivity index (χ1v) is 12.6. The molecule has 0 fully saturated rings. The van der Waals surface area contributed by atoms with Crippen molar-refractivity contribution in [3.05, 3.63) is 75.4 Å². The number of anilines is 2. The third-order valence-electron chi connectivity index (χ3n) is 5.86. The van der Waals surface area contributed by atoms with Gasteiger partial charge in [-0.1, -0.05) is 6.07 Å². The van der Waals surface area contributed by atoms with Crippen LogP contribution in [0, 0.1) is 28.5 Å². The second-order valence-electron chi connectivity index (χ2n) is 8.40. The number of hydrogen-bond donors (Lipinski definition) is 2. The Balaban J connectivity index is 1.44. The fourth-order valence-corrected chi connectivity index (χ4v) is 5.26. The second-order valence-corrected chi connectivity index (χ2v) is 9.51. The molecule has 38 heavy (non-hydrogen) atoms. The maximum absolute atomic E-state index is 13.0. The number of aryl methyl sites for hydroxylation is 1. The third kappa shape index (κ3) is 6.17. The number of amides is 2. The Hall–Kier alpha value is -4.67. The van der Waals surface area contributed by atoms with E-state index < -0.39 is 17.6 Å². The summed E-state index contributed by atoms with van der Waals surface area (Å²) in [4.78, 5) is 26.2. The van der Waals surface area contributed by atoms with Crippen LogP contribution in [0.3, 0.4) is 0 Å². The van der Waals surface area contributed by atoms with Crippen LogP contribution in [0.5, 0.6) is 11.5 Å². The molecule has 1 aliphatic carbocycles. The van der Waals surface area contributed by atoms with Gasteiger partial charge in [0.25, 0.3) is 11.8 Å². The molecule has 8 nitrogen and oxygen atoms in total. The first kappa shape index (κ1) is 26.4. The lowest BCUT2D eigenvalue weighted by atomic mass is 9.96. The van der Waals surface area contributed by atoms with Crippen LogP contribution in [0.15, 0.2) is 48.0 Å². The quantitative estimate of drug-likeness (QED) is 0.304. The molecule has 10 heteroatoms. The number of halogens is 1. The van der Waals surface area contributed by atoms with Crippen LogP contribution in [-0.2, 0) is 22.4 Å². The number of fused-ring (bicyclic) bond motifs is 1. The molecule has 0 unspecified atom stereocenters. The predicted octanol–water partition coefficient (Wildman–Crippen LogP) is 5.21. The molecule has 0 saturated heterocycles. The van der Waals surface area contributed by atoms with E-state index in [0.29, 0.717) is 27.6 Å². The number of ether oxygens (including phenoxy) is 2. The number of nitrogens with zero attached hydrogens (tertiary/aromatic N) is 2. The normalized spacial score (nSPS) is 12.5. The monoisotopic (exact) mass is 530 g/mol. The van der Waals surface area contributed by atoms with Crippen LogP contribution in [-0.4, -0.2) is 25.5 Å². The molecule has 2 N–H and O–H groups in total. The topological polar surface area (TPSA) is 124 Å². The molecule has 192 valence electrons. The maximum atomic E-state index is 13.0. The molecule has 2 aromatic carbocycles. The minimum absolute atomic E-state index is 0.144. The standard InChI is InChI=1S/C28H23FN4O4S/c1-36-24-13-17(6-11-23(24)37-16-26(34)32-20-9-7-19(29)8-10-20)12-18(14-30)27(35)33-28-22(15-31)21-4-2-3-5-25(21)38-28/h6-13H,2-5,16H2,1H3,(H,32,34)(H,33,35)/b18-12+. The van der Waals surface area contributed by atoms with E-state index in [0.717, 1.165) is 36.1 Å². The van der Waals surface area contributed by atoms with Gasteiger partial charge in [0.05, 0.1) is 12.7 Å². The van der Waals surface area contributed by atoms with Crippen molar-refractivity contribution < 1.29 is 23.5 Å². The molecule has 2 amide bonds. The molecule has 0 saturated carbocycles. The van der Waals surface area contributed by atoms with Crippen molar-refractivity contribution >= 4 is 39.9 Å². The molecule has 0 aliphatic heterocycles. The molecular formula is C28H23FN4O4S. The van der Waals surface area contributed by atoms with E-state index in [1.54, 1.807) is 18.2 Å². The molecule has 1 aliphatic rings. The van der Waals surface area contributed by atoms with Gasteiger partial charge < -0.3 is 20.1 Å². The summed E-state index contributed by atoms with van der Waals surface area (Å²) in [5.74, 6) is -0.891. The van der Waals surface area contributed by atoms with E-state index in [9.17, 15) is 24.5 Å². The van der Waals surface area contributed by atoms with Gasteiger partial charge in [-0.05, 0) is 79.3 Å². The predicted molar refractivity (Wildman–Crippen MR) is 141 cm³/mol. The summed E-state index contributed by atoms with van der Waals surface area (Å²) in [5, 5.41) is 25.0. The SMILES string of the molecule is COc1cc(/C=C(\C#N)C(=O)Nc2sc3c(c2C#N)CCCC3)ccc1OCC(=O)Nc1ccc(F)cc1. The average molecular weight is 531 g/mol. The zero-order chi connectivity index (χ0) is 27.1. The average Bonchev–Trinajstić information content (AvgIpc) is 3.28. The van der Waals surface area contributed by atoms with Crippen LogP contribution in [0.25, 0.3) is 6.08 Å². The highest BCUT2D eigenvalue weighted by Crippen LogP contribution is 2.38. The van der Waals surface area contributed by atoms with E-state index in [1.807, 2.05) is 6.07 Å². The number of carbonyl (C=O) groups excluding carboxylic acids is 2. The van der Waals surface area contributed by atoms with Gasteiger partial charge in [-0.2, -0.15) is 10.5 Å². The number of nitriles is 2. The lowest BCUT2D eigenvalue weighted by Gasteiger charge is -2.12. The largest absolute Gasteiger partial charge is 0.493 e. The van der Waals surface area contributed by atoms with Crippen LogP contribution >= 0.6 is 11.3 Å². The first-order valence-electron chi connectivity index (χ1n) is 11.8. The molecule has 4 rings (SSSR count). The van der Waals surface area contributed by atoms with Gasteiger partial charge in [-0.15, -0.1) is 11.3 Å². The number of methoxy groups -OCH3 is 1. The third-order valence-corrected chi connectivity index (χ3v) is 7.07. The Morgan fingerprint density at radius 2 is 1.84 bits per heavy atom. The van der Waals surface area contributed by atoms with Gasteiger partial charge >= 0.3 is 0 Å². The molecule has 0 bridgehead atoms. The van der Waals surface area contributed by atoms with Crippen LogP contribution in [0.1, 0.15) is 34.4 Å². The Labute approximate surface area is 222 Å². The van der Waals surface area contributed by atoms with Gasteiger partial charge in [-0.3, -0.25) is 9.59 Å². The summed E-state index contributed by atoms with van der Waals surface area (Å²) < 4.78 is 23.9. The fourth-order valence-electron chi connectivity index (χ4n) is 4.02.